The number of para-hydroxylation sites is 1. The standard InChI is InChI=1S/C19H24O5/c20-16(11-8-14-19(22)23)9-4-1-2-5-10-17(21)15-24-18-12-6-3-7-13-18/h1-7,9-10,12-13,16-17,20-21H,8,11,14-15H2,(H,22,23)/b2-1+,9-4-,10-5+/t16-,17+/m1/s1. The summed E-state index contributed by atoms with van der Waals surface area (Å²) in [5, 5.41) is 27.8. The zero-order valence-electron chi connectivity index (χ0n) is 13.5. The van der Waals surface area contributed by atoms with E-state index in [1.54, 1.807) is 36.5 Å². The fourth-order valence-electron chi connectivity index (χ4n) is 1.83. The highest BCUT2D eigenvalue weighted by Gasteiger charge is 2.01. The Hall–Kier alpha value is -2.37. The first-order valence-corrected chi connectivity index (χ1v) is 7.85. The van der Waals surface area contributed by atoms with Gasteiger partial charge in [0.15, 0.2) is 0 Å². The molecule has 0 heterocycles. The Kier molecular flexibility index (Phi) is 9.92. The summed E-state index contributed by atoms with van der Waals surface area (Å²) in [5.41, 5.74) is 0. The van der Waals surface area contributed by atoms with Gasteiger partial charge in [-0.2, -0.15) is 0 Å². The molecule has 0 unspecified atom stereocenters. The summed E-state index contributed by atoms with van der Waals surface area (Å²) in [6, 6.07) is 9.27. The van der Waals surface area contributed by atoms with Gasteiger partial charge in [0.2, 0.25) is 0 Å². The van der Waals surface area contributed by atoms with E-state index in [1.165, 1.54) is 0 Å². The molecule has 0 amide bonds. The highest BCUT2D eigenvalue weighted by atomic mass is 16.5. The molecule has 1 aromatic rings. The smallest absolute Gasteiger partial charge is 0.303 e. The third kappa shape index (κ3) is 10.4. The lowest BCUT2D eigenvalue weighted by atomic mass is 10.1. The van der Waals surface area contributed by atoms with Crippen molar-refractivity contribution in [1.82, 2.24) is 0 Å². The van der Waals surface area contributed by atoms with Crippen LogP contribution in [0.4, 0.5) is 0 Å². The van der Waals surface area contributed by atoms with Crippen LogP contribution in [-0.2, 0) is 4.79 Å². The van der Waals surface area contributed by atoms with Crippen LogP contribution in [0.2, 0.25) is 0 Å². The molecule has 0 aromatic heterocycles. The number of aliphatic hydroxyl groups is 2. The Balaban J connectivity index is 2.19. The average molecular weight is 332 g/mol. The molecule has 0 bridgehead atoms. The van der Waals surface area contributed by atoms with Gasteiger partial charge in [0.05, 0.1) is 6.10 Å². The van der Waals surface area contributed by atoms with Gasteiger partial charge in [0.1, 0.15) is 18.5 Å². The van der Waals surface area contributed by atoms with E-state index in [0.717, 1.165) is 0 Å². The second-order valence-corrected chi connectivity index (χ2v) is 5.20. The lowest BCUT2D eigenvalue weighted by molar-refractivity contribution is -0.137. The number of aliphatic hydroxyl groups excluding tert-OH is 2. The van der Waals surface area contributed by atoms with Crippen molar-refractivity contribution in [2.45, 2.75) is 31.5 Å². The third-order valence-corrected chi connectivity index (χ3v) is 3.05. The summed E-state index contributed by atoms with van der Waals surface area (Å²) in [6.45, 7) is 0.173. The van der Waals surface area contributed by atoms with Gasteiger partial charge >= 0.3 is 5.97 Å². The van der Waals surface area contributed by atoms with Crippen LogP contribution >= 0.6 is 0 Å². The minimum Gasteiger partial charge on any atom is -0.491 e. The van der Waals surface area contributed by atoms with Crippen LogP contribution in [0, 0.1) is 0 Å². The fourth-order valence-corrected chi connectivity index (χ4v) is 1.83. The molecule has 0 aliphatic carbocycles. The van der Waals surface area contributed by atoms with Crippen molar-refractivity contribution >= 4 is 5.97 Å². The summed E-state index contributed by atoms with van der Waals surface area (Å²) in [6.07, 6.45) is 9.60. The van der Waals surface area contributed by atoms with E-state index in [4.69, 9.17) is 9.84 Å². The second-order valence-electron chi connectivity index (χ2n) is 5.20. The van der Waals surface area contributed by atoms with E-state index in [2.05, 4.69) is 0 Å². The van der Waals surface area contributed by atoms with Crippen molar-refractivity contribution in [3.8, 4) is 5.75 Å². The Labute approximate surface area is 142 Å². The summed E-state index contributed by atoms with van der Waals surface area (Å²) >= 11 is 0. The maximum atomic E-state index is 10.3. The van der Waals surface area contributed by atoms with Gasteiger partial charge < -0.3 is 20.1 Å². The molecule has 0 radical (unpaired) electrons. The summed E-state index contributed by atoms with van der Waals surface area (Å²) in [7, 11) is 0. The highest BCUT2D eigenvalue weighted by molar-refractivity contribution is 5.66. The predicted molar refractivity (Wildman–Crippen MR) is 92.9 cm³/mol. The Morgan fingerprint density at radius 1 is 1.00 bits per heavy atom. The Bertz CT molecular complexity index is 548. The number of hydrogen-bond donors (Lipinski definition) is 3. The minimum absolute atomic E-state index is 0.0619. The van der Waals surface area contributed by atoms with Crippen molar-refractivity contribution in [3.05, 3.63) is 66.8 Å². The first-order chi connectivity index (χ1) is 11.6. The molecule has 0 aliphatic rings. The lowest BCUT2D eigenvalue weighted by Crippen LogP contribution is -2.14. The van der Waals surface area contributed by atoms with E-state index in [0.29, 0.717) is 18.6 Å². The van der Waals surface area contributed by atoms with Crippen molar-refractivity contribution in [2.75, 3.05) is 6.61 Å². The van der Waals surface area contributed by atoms with Gasteiger partial charge in [0.25, 0.3) is 0 Å². The van der Waals surface area contributed by atoms with Crippen LogP contribution in [0.5, 0.6) is 5.75 Å². The highest BCUT2D eigenvalue weighted by Crippen LogP contribution is 2.08. The molecule has 0 saturated carbocycles. The van der Waals surface area contributed by atoms with E-state index < -0.39 is 18.2 Å². The van der Waals surface area contributed by atoms with Crippen LogP contribution in [0.25, 0.3) is 0 Å². The average Bonchev–Trinajstić information content (AvgIpc) is 2.56. The van der Waals surface area contributed by atoms with Gasteiger partial charge in [-0.1, -0.05) is 54.7 Å². The van der Waals surface area contributed by atoms with Crippen LogP contribution in [-0.4, -0.2) is 40.1 Å². The molecule has 2 atom stereocenters. The first kappa shape index (κ1) is 19.7. The molecule has 0 aliphatic heterocycles. The van der Waals surface area contributed by atoms with Crippen LogP contribution in [0.1, 0.15) is 19.3 Å². The molecule has 0 fully saturated rings. The number of hydrogen-bond acceptors (Lipinski definition) is 4. The summed E-state index contributed by atoms with van der Waals surface area (Å²) in [4.78, 5) is 10.3. The number of benzene rings is 1. The number of carboxylic acids is 1. The minimum atomic E-state index is -0.856. The molecule has 0 spiro atoms. The summed E-state index contributed by atoms with van der Waals surface area (Å²) < 4.78 is 5.42. The van der Waals surface area contributed by atoms with Gasteiger partial charge in [0, 0.05) is 6.42 Å². The molecule has 24 heavy (non-hydrogen) atoms. The maximum absolute atomic E-state index is 10.3. The number of carboxylic acid groups (broad SMARTS) is 1. The summed E-state index contributed by atoms with van der Waals surface area (Å²) in [5.74, 6) is -0.147. The number of allylic oxidation sites excluding steroid dienone is 4. The maximum Gasteiger partial charge on any atom is 0.303 e. The Morgan fingerprint density at radius 3 is 2.25 bits per heavy atom. The largest absolute Gasteiger partial charge is 0.491 e. The molecule has 1 rings (SSSR count). The predicted octanol–water partition coefficient (Wildman–Crippen LogP) is 2.71. The zero-order chi connectivity index (χ0) is 17.6. The Morgan fingerprint density at radius 2 is 1.62 bits per heavy atom. The normalized spacial score (nSPS) is 14.4. The van der Waals surface area contributed by atoms with Gasteiger partial charge in [-0.25, -0.2) is 0 Å². The number of aliphatic carboxylic acids is 1. The van der Waals surface area contributed by atoms with Crippen LogP contribution < -0.4 is 4.74 Å². The molecule has 1 aromatic carbocycles. The SMILES string of the molecule is O=C(O)CCC[C@H](O)\C=C/C=C/C=C/[C@H](O)COc1ccccc1. The number of carbonyl (C=O) groups is 1. The molecule has 5 heteroatoms. The van der Waals surface area contributed by atoms with Gasteiger partial charge in [-0.3, -0.25) is 4.79 Å². The lowest BCUT2D eigenvalue weighted by Gasteiger charge is -2.08. The van der Waals surface area contributed by atoms with Crippen molar-refractivity contribution in [3.63, 3.8) is 0 Å². The van der Waals surface area contributed by atoms with Crippen LogP contribution in [0.3, 0.4) is 0 Å². The topological polar surface area (TPSA) is 87.0 Å². The van der Waals surface area contributed by atoms with E-state index in [1.807, 2.05) is 30.3 Å². The third-order valence-electron chi connectivity index (χ3n) is 3.05. The van der Waals surface area contributed by atoms with Gasteiger partial charge in [-0.15, -0.1) is 0 Å². The van der Waals surface area contributed by atoms with Crippen molar-refractivity contribution in [2.24, 2.45) is 0 Å². The fraction of sp³-hybridized carbons (Fsp3) is 0.316. The van der Waals surface area contributed by atoms with E-state index in [-0.39, 0.29) is 13.0 Å². The van der Waals surface area contributed by atoms with Crippen molar-refractivity contribution < 1.29 is 24.9 Å². The number of rotatable bonds is 11. The first-order valence-electron chi connectivity index (χ1n) is 7.85. The molecule has 0 saturated heterocycles. The molecular weight excluding hydrogens is 308 g/mol. The van der Waals surface area contributed by atoms with Crippen molar-refractivity contribution in [1.29, 1.82) is 0 Å². The van der Waals surface area contributed by atoms with Gasteiger partial charge in [-0.05, 0) is 25.0 Å². The monoisotopic (exact) mass is 332 g/mol. The second kappa shape index (κ2) is 12.1. The number of ether oxygens (including phenoxy) is 1. The van der Waals surface area contributed by atoms with Crippen LogP contribution in [0.15, 0.2) is 66.8 Å². The quantitative estimate of drug-likeness (QED) is 0.542. The van der Waals surface area contributed by atoms with E-state index >= 15 is 0 Å². The molecule has 5 nitrogen and oxygen atoms in total. The molecule has 3 N–H and O–H groups in total. The van der Waals surface area contributed by atoms with E-state index in [9.17, 15) is 15.0 Å². The molecular formula is C19H24O5. The molecule has 130 valence electrons. The zero-order valence-corrected chi connectivity index (χ0v) is 13.5.